The molecule has 1 amide bonds. The Labute approximate surface area is 226 Å². The first kappa shape index (κ1) is 26.9. The normalized spacial score (nSPS) is 14.4. The molecule has 3 aromatic carbocycles. The molecule has 0 atom stereocenters. The van der Waals surface area contributed by atoms with Crippen LogP contribution in [0.5, 0.6) is 5.75 Å². The van der Waals surface area contributed by atoms with E-state index in [2.05, 4.69) is 9.73 Å². The summed E-state index contributed by atoms with van der Waals surface area (Å²) in [7, 11) is 0. The molecule has 190 valence electrons. The number of nitrogens with zero attached hydrogens (tertiary/aromatic N) is 2. The van der Waals surface area contributed by atoms with Gasteiger partial charge in [0.05, 0.1) is 11.4 Å². The van der Waals surface area contributed by atoms with Gasteiger partial charge < -0.3 is 4.74 Å². The van der Waals surface area contributed by atoms with Crippen LogP contribution in [0.2, 0.25) is 10.0 Å². The second-order valence-electron chi connectivity index (χ2n) is 7.87. The predicted molar refractivity (Wildman–Crippen MR) is 145 cm³/mol. The standard InChI is InChI=1S/C27H20Cl2F2N2O3S/c1-2-16-3-5-17(6-4-16)24(34)15-37-27-32-23(13-18-7-8-19(28)14-22(18)29)25(35)33(27)20-9-11-21(12-10-20)36-26(30)31/h3-14,26H,2,15H2,1H3/b23-13+. The van der Waals surface area contributed by atoms with Crippen LogP contribution < -0.4 is 9.64 Å². The highest BCUT2D eigenvalue weighted by atomic mass is 35.5. The first-order chi connectivity index (χ1) is 17.7. The zero-order valence-corrected chi connectivity index (χ0v) is 21.8. The summed E-state index contributed by atoms with van der Waals surface area (Å²) >= 11 is 13.3. The number of thioether (sulfide) groups is 1. The van der Waals surface area contributed by atoms with E-state index in [1.807, 2.05) is 19.1 Å². The fourth-order valence-corrected chi connectivity index (χ4v) is 4.87. The number of ether oxygens (including phenoxy) is 1. The number of aryl methyl sites for hydroxylation is 1. The van der Waals surface area contributed by atoms with Crippen LogP contribution in [0.3, 0.4) is 0 Å². The van der Waals surface area contributed by atoms with Crippen molar-refractivity contribution in [1.29, 1.82) is 0 Å². The number of rotatable bonds is 8. The number of benzene rings is 3. The predicted octanol–water partition coefficient (Wildman–Crippen LogP) is 7.52. The number of hydrogen-bond donors (Lipinski definition) is 0. The third kappa shape index (κ3) is 6.57. The number of alkyl halides is 2. The fraction of sp³-hybridized carbons (Fsp3) is 0.148. The van der Waals surface area contributed by atoms with Crippen LogP contribution in [0.25, 0.3) is 6.08 Å². The minimum Gasteiger partial charge on any atom is -0.435 e. The number of ketones is 1. The Hall–Kier alpha value is -3.20. The Bertz CT molecular complexity index is 1380. The largest absolute Gasteiger partial charge is 0.435 e. The van der Waals surface area contributed by atoms with Crippen molar-refractivity contribution in [1.82, 2.24) is 0 Å². The van der Waals surface area contributed by atoms with E-state index in [1.165, 1.54) is 35.2 Å². The Balaban J connectivity index is 1.62. The maximum atomic E-state index is 13.4. The van der Waals surface area contributed by atoms with Crippen LogP contribution in [0.15, 0.2) is 77.4 Å². The third-order valence-corrected chi connectivity index (χ3v) is 6.92. The molecule has 4 rings (SSSR count). The summed E-state index contributed by atoms with van der Waals surface area (Å²) in [4.78, 5) is 32.0. The summed E-state index contributed by atoms with van der Waals surface area (Å²) in [5.41, 5.74) is 2.69. The van der Waals surface area contributed by atoms with Gasteiger partial charge in [0.1, 0.15) is 11.4 Å². The SMILES string of the molecule is CCc1ccc(C(=O)CSC2=N/C(=C/c3ccc(Cl)cc3Cl)C(=O)N2c2ccc(OC(F)F)cc2)cc1. The lowest BCUT2D eigenvalue weighted by Crippen LogP contribution is -2.30. The van der Waals surface area contributed by atoms with Crippen LogP contribution in [-0.2, 0) is 11.2 Å². The second-order valence-corrected chi connectivity index (χ2v) is 9.65. The van der Waals surface area contributed by atoms with Crippen molar-refractivity contribution < 1.29 is 23.1 Å². The van der Waals surface area contributed by atoms with E-state index in [0.29, 0.717) is 26.9 Å². The highest BCUT2D eigenvalue weighted by Crippen LogP contribution is 2.32. The number of Topliss-reactive ketones (excluding diaryl/α,β-unsaturated/α-hetero) is 1. The molecular formula is C27H20Cl2F2N2O3S. The van der Waals surface area contributed by atoms with Crippen molar-refractivity contribution >= 4 is 63.6 Å². The molecule has 0 unspecified atom stereocenters. The molecule has 0 saturated carbocycles. The number of hydrogen-bond acceptors (Lipinski definition) is 5. The van der Waals surface area contributed by atoms with Gasteiger partial charge >= 0.3 is 6.61 Å². The van der Waals surface area contributed by atoms with Crippen LogP contribution in [0.4, 0.5) is 14.5 Å². The number of anilines is 1. The topological polar surface area (TPSA) is 59.0 Å². The summed E-state index contributed by atoms with van der Waals surface area (Å²) in [5.74, 6) is -0.598. The Morgan fingerprint density at radius 2 is 1.78 bits per heavy atom. The van der Waals surface area contributed by atoms with Gasteiger partial charge in [-0.15, -0.1) is 0 Å². The van der Waals surface area contributed by atoms with Crippen molar-refractivity contribution in [3.8, 4) is 5.75 Å². The molecule has 0 aliphatic carbocycles. The highest BCUT2D eigenvalue weighted by molar-refractivity contribution is 8.14. The Morgan fingerprint density at radius 3 is 2.41 bits per heavy atom. The second kappa shape index (κ2) is 11.9. The minimum atomic E-state index is -2.97. The van der Waals surface area contributed by atoms with Gasteiger partial charge in [0.25, 0.3) is 5.91 Å². The molecule has 37 heavy (non-hydrogen) atoms. The molecule has 1 aliphatic heterocycles. The first-order valence-corrected chi connectivity index (χ1v) is 12.9. The van der Waals surface area contributed by atoms with Crippen LogP contribution in [0, 0.1) is 0 Å². The molecule has 0 radical (unpaired) electrons. The van der Waals surface area contributed by atoms with Gasteiger partial charge in [-0.2, -0.15) is 8.78 Å². The van der Waals surface area contributed by atoms with Crippen molar-refractivity contribution in [3.63, 3.8) is 0 Å². The molecule has 5 nitrogen and oxygen atoms in total. The average molecular weight is 561 g/mol. The summed E-state index contributed by atoms with van der Waals surface area (Å²) in [6.45, 7) is -0.937. The number of carbonyl (C=O) groups is 2. The van der Waals surface area contributed by atoms with E-state index >= 15 is 0 Å². The molecular weight excluding hydrogens is 541 g/mol. The van der Waals surface area contributed by atoms with E-state index in [1.54, 1.807) is 30.3 Å². The molecule has 0 N–H and O–H groups in total. The summed E-state index contributed by atoms with van der Waals surface area (Å²) in [6, 6.07) is 17.8. The molecule has 1 aliphatic rings. The molecule has 1 heterocycles. The summed E-state index contributed by atoms with van der Waals surface area (Å²) in [6.07, 6.45) is 2.39. The number of amidine groups is 1. The smallest absolute Gasteiger partial charge is 0.387 e. The molecule has 0 aromatic heterocycles. The van der Waals surface area contributed by atoms with Gasteiger partial charge in [0, 0.05) is 15.6 Å². The van der Waals surface area contributed by atoms with Crippen molar-refractivity contribution in [2.45, 2.75) is 20.0 Å². The van der Waals surface area contributed by atoms with E-state index in [-0.39, 0.29) is 28.2 Å². The van der Waals surface area contributed by atoms with Crippen LogP contribution >= 0.6 is 35.0 Å². The fourth-order valence-electron chi connectivity index (χ4n) is 3.50. The monoisotopic (exact) mass is 560 g/mol. The van der Waals surface area contributed by atoms with Gasteiger partial charge in [0.2, 0.25) is 0 Å². The highest BCUT2D eigenvalue weighted by Gasteiger charge is 2.32. The average Bonchev–Trinajstić information content (AvgIpc) is 3.19. The zero-order chi connectivity index (χ0) is 26.5. The van der Waals surface area contributed by atoms with E-state index in [9.17, 15) is 18.4 Å². The van der Waals surface area contributed by atoms with Crippen molar-refractivity contribution in [2.24, 2.45) is 4.99 Å². The molecule has 10 heteroatoms. The third-order valence-electron chi connectivity index (χ3n) is 5.42. The molecule has 0 saturated heterocycles. The molecule has 3 aromatic rings. The van der Waals surface area contributed by atoms with E-state index in [4.69, 9.17) is 23.2 Å². The van der Waals surface area contributed by atoms with Crippen molar-refractivity contribution in [3.05, 3.63) is 99.2 Å². The Kier molecular flexibility index (Phi) is 8.63. The summed E-state index contributed by atoms with van der Waals surface area (Å²) < 4.78 is 29.5. The quantitative estimate of drug-likeness (QED) is 0.211. The van der Waals surface area contributed by atoms with Crippen LogP contribution in [-0.4, -0.2) is 29.2 Å². The van der Waals surface area contributed by atoms with Gasteiger partial charge in [-0.05, 0) is 60.0 Å². The number of aliphatic imine (C=N–C) groups is 1. The maximum absolute atomic E-state index is 13.4. The first-order valence-electron chi connectivity index (χ1n) is 11.1. The van der Waals surface area contributed by atoms with Crippen LogP contribution in [0.1, 0.15) is 28.4 Å². The lowest BCUT2D eigenvalue weighted by Gasteiger charge is -2.18. The summed E-state index contributed by atoms with van der Waals surface area (Å²) in [5, 5.41) is 1.06. The molecule has 0 spiro atoms. The van der Waals surface area contributed by atoms with Gasteiger partial charge in [-0.25, -0.2) is 4.99 Å². The zero-order valence-electron chi connectivity index (χ0n) is 19.5. The minimum absolute atomic E-state index is 0.0373. The number of carbonyl (C=O) groups excluding carboxylic acids is 2. The van der Waals surface area contributed by atoms with E-state index in [0.717, 1.165) is 23.7 Å². The van der Waals surface area contributed by atoms with Crippen molar-refractivity contribution in [2.75, 3.05) is 10.7 Å². The van der Waals surface area contributed by atoms with E-state index < -0.39 is 12.5 Å². The van der Waals surface area contributed by atoms with Gasteiger partial charge in [0.15, 0.2) is 11.0 Å². The molecule has 0 bridgehead atoms. The number of halogens is 4. The van der Waals surface area contributed by atoms with Gasteiger partial charge in [-0.3, -0.25) is 14.5 Å². The van der Waals surface area contributed by atoms with Gasteiger partial charge in [-0.1, -0.05) is 72.2 Å². The Morgan fingerprint density at radius 1 is 1.08 bits per heavy atom. The lowest BCUT2D eigenvalue weighted by molar-refractivity contribution is -0.113. The number of amides is 1. The lowest BCUT2D eigenvalue weighted by atomic mass is 10.1. The molecule has 0 fully saturated rings. The maximum Gasteiger partial charge on any atom is 0.387 e.